The molecule has 0 unspecified atom stereocenters. The molecule has 0 saturated carbocycles. The Bertz CT molecular complexity index is 357. The monoisotopic (exact) mass is 234 g/mol. The molecular weight excluding hydrogens is 206 g/mol. The molecule has 96 valence electrons. The zero-order valence-electron chi connectivity index (χ0n) is 11.9. The molecule has 2 heterocycles. The summed E-state index contributed by atoms with van der Waals surface area (Å²) in [5.41, 5.74) is 4.26. The van der Waals surface area contributed by atoms with E-state index in [2.05, 4.69) is 20.9 Å². The van der Waals surface area contributed by atoms with Crippen molar-refractivity contribution < 1.29 is 4.48 Å². The maximum atomic E-state index is 2.58. The maximum absolute atomic E-state index is 2.58. The van der Waals surface area contributed by atoms with Crippen molar-refractivity contribution in [1.29, 1.82) is 0 Å². The Morgan fingerprint density at radius 3 is 2.88 bits per heavy atom. The average Bonchev–Trinajstić information content (AvgIpc) is 2.79. The fraction of sp³-hybridized carbons (Fsp3) is 0.875. The van der Waals surface area contributed by atoms with E-state index >= 15 is 0 Å². The van der Waals surface area contributed by atoms with Gasteiger partial charge in [0.15, 0.2) is 0 Å². The van der Waals surface area contributed by atoms with Crippen LogP contribution in [0.4, 0.5) is 0 Å². The average molecular weight is 234 g/mol. The molecule has 0 aromatic rings. The van der Waals surface area contributed by atoms with Crippen LogP contribution in [0.1, 0.15) is 58.8 Å². The van der Waals surface area contributed by atoms with Crippen LogP contribution >= 0.6 is 0 Å². The van der Waals surface area contributed by atoms with Crippen LogP contribution in [0.2, 0.25) is 0 Å². The van der Waals surface area contributed by atoms with Crippen molar-refractivity contribution in [2.45, 2.75) is 64.3 Å². The molecule has 0 radical (unpaired) electrons. The Morgan fingerprint density at radius 1 is 1.29 bits per heavy atom. The summed E-state index contributed by atoms with van der Waals surface area (Å²) in [5, 5.41) is 0. The molecule has 17 heavy (non-hydrogen) atoms. The van der Waals surface area contributed by atoms with Crippen LogP contribution in [0.5, 0.6) is 0 Å². The van der Waals surface area contributed by atoms with E-state index in [4.69, 9.17) is 0 Å². The van der Waals surface area contributed by atoms with Crippen LogP contribution in [0.15, 0.2) is 11.1 Å². The van der Waals surface area contributed by atoms with Gasteiger partial charge in [-0.1, -0.05) is 12.5 Å². The summed E-state index contributed by atoms with van der Waals surface area (Å²) in [5.74, 6) is 0.983. The van der Waals surface area contributed by atoms with Crippen molar-refractivity contribution in [2.24, 2.45) is 5.92 Å². The second-order valence-corrected chi connectivity index (χ2v) is 7.07. The van der Waals surface area contributed by atoms with Gasteiger partial charge in [0.1, 0.15) is 5.54 Å². The molecule has 1 saturated heterocycles. The lowest BCUT2D eigenvalue weighted by atomic mass is 9.72. The van der Waals surface area contributed by atoms with Gasteiger partial charge in [-0.25, -0.2) is 0 Å². The first-order valence-corrected chi connectivity index (χ1v) is 7.65. The highest BCUT2D eigenvalue weighted by atomic mass is 15.4. The molecule has 3 atom stereocenters. The number of fused-ring (bicyclic) bond motifs is 2. The Labute approximate surface area is 106 Å². The van der Waals surface area contributed by atoms with Gasteiger partial charge < -0.3 is 4.48 Å². The van der Waals surface area contributed by atoms with E-state index < -0.39 is 0 Å². The number of rotatable bonds is 1. The van der Waals surface area contributed by atoms with Crippen molar-refractivity contribution in [3.05, 3.63) is 11.1 Å². The molecule has 1 aliphatic carbocycles. The minimum Gasteiger partial charge on any atom is -0.317 e. The summed E-state index contributed by atoms with van der Waals surface area (Å²) in [6.07, 6.45) is 9.97. The fourth-order valence-corrected chi connectivity index (χ4v) is 4.88. The zero-order valence-corrected chi connectivity index (χ0v) is 11.9. The maximum Gasteiger partial charge on any atom is 0.118 e. The third-order valence-electron chi connectivity index (χ3n) is 6.36. The van der Waals surface area contributed by atoms with Crippen LogP contribution in [0.3, 0.4) is 0 Å². The first kappa shape index (κ1) is 11.8. The van der Waals surface area contributed by atoms with Gasteiger partial charge in [0, 0.05) is 18.8 Å². The standard InChI is InChI=1S/C16H28N/c1-4-13-8-10-16(2)15-7-5-6-14(15)9-11-17(16,3)12-13/h13H,4-12H2,1-3H3/q+1/t13-,16-,17+/m1/s1. The Balaban J connectivity index is 1.96. The van der Waals surface area contributed by atoms with E-state index in [9.17, 15) is 0 Å². The van der Waals surface area contributed by atoms with Gasteiger partial charge in [0.05, 0.1) is 20.1 Å². The van der Waals surface area contributed by atoms with Gasteiger partial charge in [-0.15, -0.1) is 0 Å². The quantitative estimate of drug-likeness (QED) is 0.477. The minimum atomic E-state index is 0.510. The smallest absolute Gasteiger partial charge is 0.118 e. The molecule has 2 aliphatic heterocycles. The number of hydrogen-bond donors (Lipinski definition) is 0. The van der Waals surface area contributed by atoms with E-state index in [0.29, 0.717) is 5.54 Å². The molecule has 0 bridgehead atoms. The molecule has 1 nitrogen and oxygen atoms in total. The number of piperidine rings is 1. The fourth-order valence-electron chi connectivity index (χ4n) is 4.88. The van der Waals surface area contributed by atoms with E-state index in [1.165, 1.54) is 62.5 Å². The lowest BCUT2D eigenvalue weighted by Gasteiger charge is -2.57. The summed E-state index contributed by atoms with van der Waals surface area (Å²) in [6, 6.07) is 0. The zero-order chi connectivity index (χ0) is 12.1. The van der Waals surface area contributed by atoms with Crippen molar-refractivity contribution >= 4 is 0 Å². The van der Waals surface area contributed by atoms with Crippen LogP contribution < -0.4 is 0 Å². The van der Waals surface area contributed by atoms with E-state index in [-0.39, 0.29) is 0 Å². The Hall–Kier alpha value is -0.300. The minimum absolute atomic E-state index is 0.510. The predicted octanol–water partition coefficient (Wildman–Crippen LogP) is 3.90. The van der Waals surface area contributed by atoms with Gasteiger partial charge >= 0.3 is 0 Å². The van der Waals surface area contributed by atoms with Gasteiger partial charge in [-0.05, 0) is 44.6 Å². The highest BCUT2D eigenvalue weighted by Crippen LogP contribution is 2.51. The number of likely N-dealkylation sites (N-methyl/N-ethyl adjacent to an activating group) is 1. The third kappa shape index (κ3) is 1.54. The first-order valence-electron chi connectivity index (χ1n) is 7.65. The molecule has 3 rings (SSSR count). The van der Waals surface area contributed by atoms with E-state index in [0.717, 1.165) is 5.92 Å². The van der Waals surface area contributed by atoms with Gasteiger partial charge in [-0.2, -0.15) is 0 Å². The normalized spacial score (nSPS) is 45.7. The first-order chi connectivity index (χ1) is 8.09. The van der Waals surface area contributed by atoms with Crippen molar-refractivity contribution in [3.63, 3.8) is 0 Å². The van der Waals surface area contributed by atoms with Crippen molar-refractivity contribution in [2.75, 3.05) is 20.1 Å². The lowest BCUT2D eigenvalue weighted by Crippen LogP contribution is -2.67. The number of quaternary nitrogens is 1. The van der Waals surface area contributed by atoms with Gasteiger partial charge in [0.2, 0.25) is 0 Å². The summed E-state index contributed by atoms with van der Waals surface area (Å²) in [4.78, 5) is 0. The largest absolute Gasteiger partial charge is 0.317 e. The van der Waals surface area contributed by atoms with Crippen LogP contribution in [0, 0.1) is 5.92 Å². The summed E-state index contributed by atoms with van der Waals surface area (Å²) in [6.45, 7) is 7.80. The molecule has 0 amide bonds. The molecular formula is C16H28N+. The van der Waals surface area contributed by atoms with E-state index in [1.54, 1.807) is 0 Å². The molecule has 1 heteroatoms. The molecule has 0 N–H and O–H groups in total. The SMILES string of the molecule is CC[C@@H]1CC[C@]2(C)C3=C(CCC3)CC[N@@+]2(C)C1. The molecule has 0 aromatic heterocycles. The summed E-state index contributed by atoms with van der Waals surface area (Å²) < 4.78 is 1.35. The summed E-state index contributed by atoms with van der Waals surface area (Å²) in [7, 11) is 2.55. The van der Waals surface area contributed by atoms with Crippen molar-refractivity contribution in [3.8, 4) is 0 Å². The second-order valence-electron chi connectivity index (χ2n) is 7.07. The second kappa shape index (κ2) is 3.85. The molecule has 3 aliphatic rings. The highest BCUT2D eigenvalue weighted by Gasteiger charge is 2.54. The third-order valence-corrected chi connectivity index (χ3v) is 6.36. The Kier molecular flexibility index (Phi) is 2.66. The highest BCUT2D eigenvalue weighted by molar-refractivity contribution is 5.30. The molecule has 0 spiro atoms. The van der Waals surface area contributed by atoms with Gasteiger partial charge in [-0.3, -0.25) is 0 Å². The number of hydrogen-bond acceptors (Lipinski definition) is 0. The van der Waals surface area contributed by atoms with E-state index in [1.807, 2.05) is 11.1 Å². The lowest BCUT2D eigenvalue weighted by molar-refractivity contribution is -0.961. The Morgan fingerprint density at radius 2 is 2.12 bits per heavy atom. The summed E-state index contributed by atoms with van der Waals surface area (Å²) >= 11 is 0. The topological polar surface area (TPSA) is 0 Å². The van der Waals surface area contributed by atoms with Crippen molar-refractivity contribution in [1.82, 2.24) is 0 Å². The van der Waals surface area contributed by atoms with Crippen LogP contribution in [-0.4, -0.2) is 30.2 Å². The number of nitrogens with zero attached hydrogens (tertiary/aromatic N) is 1. The molecule has 1 fully saturated rings. The van der Waals surface area contributed by atoms with Crippen LogP contribution in [0.25, 0.3) is 0 Å². The van der Waals surface area contributed by atoms with Gasteiger partial charge in [0.25, 0.3) is 0 Å². The molecule has 0 aromatic carbocycles. The predicted molar refractivity (Wildman–Crippen MR) is 72.8 cm³/mol. The van der Waals surface area contributed by atoms with Crippen LogP contribution in [-0.2, 0) is 0 Å².